The first kappa shape index (κ1) is 15.9. The molecule has 2 aromatic rings. The maximum Gasteiger partial charge on any atom is 0.255 e. The lowest BCUT2D eigenvalue weighted by atomic mass is 10.1. The van der Waals surface area contributed by atoms with Crippen molar-refractivity contribution in [1.82, 2.24) is 4.90 Å². The summed E-state index contributed by atoms with van der Waals surface area (Å²) in [7, 11) is 0. The van der Waals surface area contributed by atoms with Crippen LogP contribution in [0.3, 0.4) is 0 Å². The summed E-state index contributed by atoms with van der Waals surface area (Å²) in [6, 6.07) is 15.1. The number of nitrogen functional groups attached to an aromatic ring is 1. The van der Waals surface area contributed by atoms with Crippen molar-refractivity contribution >= 4 is 23.2 Å². The molecule has 0 saturated heterocycles. The Bertz CT molecular complexity index is 680. The lowest BCUT2D eigenvalue weighted by Gasteiger charge is -2.23. The normalized spacial score (nSPS) is 13.8. The molecule has 0 atom stereocenters. The van der Waals surface area contributed by atoms with Gasteiger partial charge in [0, 0.05) is 23.8 Å². The van der Waals surface area contributed by atoms with Crippen LogP contribution in [0.25, 0.3) is 0 Å². The Morgan fingerprint density at radius 3 is 2.48 bits per heavy atom. The molecule has 0 spiro atoms. The highest BCUT2D eigenvalue weighted by Crippen LogP contribution is 2.30. The largest absolute Gasteiger partial charge is 0.398 e. The molecule has 2 aromatic carbocycles. The quantitative estimate of drug-likeness (QED) is 0.814. The first-order valence-corrected chi connectivity index (χ1v) is 8.39. The van der Waals surface area contributed by atoms with Gasteiger partial charge in [-0.1, -0.05) is 35.9 Å². The number of hydrogen-bond donors (Lipinski definition) is 1. The van der Waals surface area contributed by atoms with Gasteiger partial charge in [-0.25, -0.2) is 0 Å². The van der Waals surface area contributed by atoms with E-state index < -0.39 is 0 Å². The van der Waals surface area contributed by atoms with Crippen LogP contribution < -0.4 is 5.73 Å². The summed E-state index contributed by atoms with van der Waals surface area (Å²) in [5.74, 6) is 0.679. The molecule has 1 aliphatic rings. The molecule has 3 rings (SSSR count). The van der Waals surface area contributed by atoms with Gasteiger partial charge in [-0.05, 0) is 55.0 Å². The minimum absolute atomic E-state index is 0.0314. The summed E-state index contributed by atoms with van der Waals surface area (Å²) >= 11 is 5.92. The Labute approximate surface area is 142 Å². The summed E-state index contributed by atoms with van der Waals surface area (Å²) < 4.78 is 0. The third kappa shape index (κ3) is 4.26. The predicted octanol–water partition coefficient (Wildman–Crippen LogP) is 4.02. The smallest absolute Gasteiger partial charge is 0.255 e. The maximum absolute atomic E-state index is 12.8. The van der Waals surface area contributed by atoms with Crippen LogP contribution in [-0.2, 0) is 6.42 Å². The number of amides is 1. The van der Waals surface area contributed by atoms with Gasteiger partial charge in [0.05, 0.1) is 5.56 Å². The van der Waals surface area contributed by atoms with Crippen molar-refractivity contribution in [3.8, 4) is 0 Å². The molecule has 0 aliphatic heterocycles. The average molecular weight is 329 g/mol. The Morgan fingerprint density at radius 2 is 1.83 bits per heavy atom. The van der Waals surface area contributed by atoms with Crippen LogP contribution in [-0.4, -0.2) is 23.9 Å². The molecule has 0 bridgehead atoms. The molecule has 1 aliphatic carbocycles. The monoisotopic (exact) mass is 328 g/mol. The first-order valence-electron chi connectivity index (χ1n) is 8.01. The summed E-state index contributed by atoms with van der Waals surface area (Å²) in [6.07, 6.45) is 3.26. The zero-order valence-electron chi connectivity index (χ0n) is 13.0. The number of hydrogen-bond acceptors (Lipinski definition) is 2. The lowest BCUT2D eigenvalue weighted by Crippen LogP contribution is -2.35. The molecule has 0 aromatic heterocycles. The zero-order valence-corrected chi connectivity index (χ0v) is 13.8. The summed E-state index contributed by atoms with van der Waals surface area (Å²) in [6.45, 7) is 1.52. The molecule has 0 radical (unpaired) electrons. The van der Waals surface area contributed by atoms with Gasteiger partial charge in [-0.2, -0.15) is 0 Å². The summed E-state index contributed by atoms with van der Waals surface area (Å²) in [5.41, 5.74) is 8.30. The van der Waals surface area contributed by atoms with Crippen molar-refractivity contribution in [2.45, 2.75) is 19.3 Å². The molecule has 1 saturated carbocycles. The Hall–Kier alpha value is -2.00. The van der Waals surface area contributed by atoms with Crippen LogP contribution in [0.4, 0.5) is 5.69 Å². The van der Waals surface area contributed by atoms with E-state index in [1.165, 1.54) is 18.4 Å². The van der Waals surface area contributed by atoms with Crippen molar-refractivity contribution < 1.29 is 4.79 Å². The fourth-order valence-electron chi connectivity index (χ4n) is 2.67. The van der Waals surface area contributed by atoms with Crippen molar-refractivity contribution in [3.05, 3.63) is 64.7 Å². The first-order chi connectivity index (χ1) is 11.1. The fraction of sp³-hybridized carbons (Fsp3) is 0.316. The number of carbonyl (C=O) groups is 1. The van der Waals surface area contributed by atoms with E-state index in [2.05, 4.69) is 0 Å². The number of benzene rings is 2. The van der Waals surface area contributed by atoms with Crippen molar-refractivity contribution in [3.63, 3.8) is 0 Å². The molecular weight excluding hydrogens is 308 g/mol. The molecule has 1 amide bonds. The number of carbonyl (C=O) groups excluding carboxylic acids is 1. The van der Waals surface area contributed by atoms with Gasteiger partial charge in [0.1, 0.15) is 0 Å². The molecule has 0 unspecified atom stereocenters. The van der Waals surface area contributed by atoms with Gasteiger partial charge in [-0.15, -0.1) is 0 Å². The second-order valence-electron chi connectivity index (χ2n) is 6.16. The molecule has 23 heavy (non-hydrogen) atoms. The minimum atomic E-state index is 0.0314. The minimum Gasteiger partial charge on any atom is -0.398 e. The van der Waals surface area contributed by atoms with E-state index in [0.717, 1.165) is 18.0 Å². The molecular formula is C19H21ClN2O. The van der Waals surface area contributed by atoms with Gasteiger partial charge < -0.3 is 10.6 Å². The van der Waals surface area contributed by atoms with Crippen molar-refractivity contribution in [2.24, 2.45) is 5.92 Å². The van der Waals surface area contributed by atoms with Gasteiger partial charge >= 0.3 is 0 Å². The second-order valence-corrected chi connectivity index (χ2v) is 6.59. The van der Waals surface area contributed by atoms with Gasteiger partial charge in [-0.3, -0.25) is 4.79 Å². The van der Waals surface area contributed by atoms with E-state index in [1.807, 2.05) is 41.3 Å². The summed E-state index contributed by atoms with van der Waals surface area (Å²) in [5, 5.41) is 0.733. The number of nitrogens with two attached hydrogens (primary N) is 1. The summed E-state index contributed by atoms with van der Waals surface area (Å²) in [4.78, 5) is 14.8. The highest BCUT2D eigenvalue weighted by Gasteiger charge is 2.27. The number of para-hydroxylation sites is 1. The number of halogens is 1. The SMILES string of the molecule is Nc1ccccc1C(=O)N(CCc1ccc(Cl)cc1)CC1CC1. The molecule has 120 valence electrons. The Kier molecular flexibility index (Phi) is 4.87. The van der Waals surface area contributed by atoms with Crippen LogP contribution in [0.1, 0.15) is 28.8 Å². The van der Waals surface area contributed by atoms with Gasteiger partial charge in [0.25, 0.3) is 5.91 Å². The molecule has 0 heterocycles. The number of nitrogens with zero attached hydrogens (tertiary/aromatic N) is 1. The van der Waals surface area contributed by atoms with Crippen molar-refractivity contribution in [1.29, 1.82) is 0 Å². The van der Waals surface area contributed by atoms with E-state index in [1.54, 1.807) is 12.1 Å². The van der Waals surface area contributed by atoms with E-state index in [9.17, 15) is 4.79 Å². The van der Waals surface area contributed by atoms with E-state index in [0.29, 0.717) is 23.7 Å². The van der Waals surface area contributed by atoms with E-state index >= 15 is 0 Å². The van der Waals surface area contributed by atoms with Gasteiger partial charge in [0.2, 0.25) is 0 Å². The lowest BCUT2D eigenvalue weighted by molar-refractivity contribution is 0.0750. The fourth-order valence-corrected chi connectivity index (χ4v) is 2.79. The Morgan fingerprint density at radius 1 is 1.13 bits per heavy atom. The maximum atomic E-state index is 12.8. The number of rotatable bonds is 6. The average Bonchev–Trinajstić information content (AvgIpc) is 3.37. The van der Waals surface area contributed by atoms with E-state index in [4.69, 9.17) is 17.3 Å². The number of anilines is 1. The van der Waals surface area contributed by atoms with Crippen LogP contribution >= 0.6 is 11.6 Å². The topological polar surface area (TPSA) is 46.3 Å². The Balaban J connectivity index is 1.70. The highest BCUT2D eigenvalue weighted by molar-refractivity contribution is 6.30. The third-order valence-corrected chi connectivity index (χ3v) is 4.49. The van der Waals surface area contributed by atoms with Crippen molar-refractivity contribution in [2.75, 3.05) is 18.8 Å². The second kappa shape index (κ2) is 7.05. The van der Waals surface area contributed by atoms with E-state index in [-0.39, 0.29) is 5.91 Å². The van der Waals surface area contributed by atoms with Gasteiger partial charge in [0.15, 0.2) is 0 Å². The third-order valence-electron chi connectivity index (χ3n) is 4.24. The highest BCUT2D eigenvalue weighted by atomic mass is 35.5. The van der Waals surface area contributed by atoms with Crippen LogP contribution in [0.2, 0.25) is 5.02 Å². The molecule has 4 heteroatoms. The van der Waals surface area contributed by atoms with Crippen LogP contribution in [0.15, 0.2) is 48.5 Å². The standard InChI is InChI=1S/C19H21ClN2O/c20-16-9-7-14(8-10-16)11-12-22(13-15-5-6-15)19(23)17-3-1-2-4-18(17)21/h1-4,7-10,15H,5-6,11-13,21H2. The molecule has 1 fully saturated rings. The zero-order chi connectivity index (χ0) is 16.2. The van der Waals surface area contributed by atoms with Crippen LogP contribution in [0.5, 0.6) is 0 Å². The molecule has 2 N–H and O–H groups in total. The van der Waals surface area contributed by atoms with Crippen LogP contribution in [0, 0.1) is 5.92 Å². The predicted molar refractivity (Wildman–Crippen MR) is 94.6 cm³/mol. The molecule has 3 nitrogen and oxygen atoms in total.